The van der Waals surface area contributed by atoms with Crippen molar-refractivity contribution in [3.8, 4) is 0 Å². The molecule has 114 valence electrons. The molecule has 2 aromatic heterocycles. The monoisotopic (exact) mass is 307 g/mol. The first-order chi connectivity index (χ1) is 10.0. The first kappa shape index (κ1) is 14.8. The lowest BCUT2D eigenvalue weighted by molar-refractivity contribution is 0.167. The zero-order valence-electron chi connectivity index (χ0n) is 12.9. The zero-order chi connectivity index (χ0) is 15.0. The minimum absolute atomic E-state index is 0.113. The van der Waals surface area contributed by atoms with E-state index in [1.54, 1.807) is 7.11 Å². The van der Waals surface area contributed by atoms with Gasteiger partial charge in [-0.3, -0.25) is 0 Å². The van der Waals surface area contributed by atoms with Crippen LogP contribution in [-0.2, 0) is 11.3 Å². The lowest BCUT2D eigenvalue weighted by Crippen LogP contribution is -2.16. The van der Waals surface area contributed by atoms with Gasteiger partial charge in [0.25, 0.3) is 0 Å². The van der Waals surface area contributed by atoms with Gasteiger partial charge in [0.15, 0.2) is 5.65 Å². The van der Waals surface area contributed by atoms with Crippen LogP contribution in [0.15, 0.2) is 12.3 Å². The van der Waals surface area contributed by atoms with Crippen LogP contribution in [0.3, 0.4) is 0 Å². The molecule has 21 heavy (non-hydrogen) atoms. The second-order valence-corrected chi connectivity index (χ2v) is 6.93. The Labute approximate surface area is 130 Å². The van der Waals surface area contributed by atoms with Gasteiger partial charge in [-0.25, -0.2) is 9.97 Å². The molecule has 4 nitrogen and oxygen atoms in total. The molecule has 2 heterocycles. The first-order valence-corrected chi connectivity index (χ1v) is 7.94. The predicted octanol–water partition coefficient (Wildman–Crippen LogP) is 3.86. The summed E-state index contributed by atoms with van der Waals surface area (Å²) in [6, 6.07) is 2.08. The van der Waals surface area contributed by atoms with E-state index >= 15 is 0 Å². The molecule has 0 N–H and O–H groups in total. The van der Waals surface area contributed by atoms with Gasteiger partial charge in [0.05, 0.1) is 5.38 Å². The molecule has 0 radical (unpaired) electrons. The topological polar surface area (TPSA) is 39.9 Å². The minimum Gasteiger partial charge on any atom is -0.385 e. The van der Waals surface area contributed by atoms with Crippen LogP contribution < -0.4 is 0 Å². The summed E-state index contributed by atoms with van der Waals surface area (Å²) in [5, 5.41) is -0.113. The van der Waals surface area contributed by atoms with E-state index in [1.165, 1.54) is 12.8 Å². The maximum Gasteiger partial charge on any atom is 0.160 e. The SMILES string of the molecule is COCCC1(Cn2c(C(C)Cl)nc3cc(C)cnc32)CC1. The van der Waals surface area contributed by atoms with Gasteiger partial charge in [-0.2, -0.15) is 0 Å². The van der Waals surface area contributed by atoms with Gasteiger partial charge in [-0.05, 0) is 50.2 Å². The summed E-state index contributed by atoms with van der Waals surface area (Å²) in [7, 11) is 1.76. The summed E-state index contributed by atoms with van der Waals surface area (Å²) >= 11 is 6.34. The number of pyridine rings is 1. The van der Waals surface area contributed by atoms with Crippen molar-refractivity contribution in [1.82, 2.24) is 14.5 Å². The molecule has 2 aromatic rings. The second kappa shape index (κ2) is 5.58. The van der Waals surface area contributed by atoms with E-state index in [4.69, 9.17) is 21.3 Å². The van der Waals surface area contributed by atoms with Crippen LogP contribution in [0, 0.1) is 12.3 Å². The van der Waals surface area contributed by atoms with Crippen LogP contribution >= 0.6 is 11.6 Å². The number of aromatic nitrogens is 3. The van der Waals surface area contributed by atoms with E-state index in [0.29, 0.717) is 5.41 Å². The molecule has 0 bridgehead atoms. The number of rotatable bonds is 6. The fraction of sp³-hybridized carbons (Fsp3) is 0.625. The van der Waals surface area contributed by atoms with Crippen LogP contribution in [0.5, 0.6) is 0 Å². The van der Waals surface area contributed by atoms with Crippen molar-refractivity contribution in [2.75, 3.05) is 13.7 Å². The Morgan fingerprint density at radius 2 is 2.24 bits per heavy atom. The Morgan fingerprint density at radius 1 is 1.48 bits per heavy atom. The molecule has 1 fully saturated rings. The quantitative estimate of drug-likeness (QED) is 0.761. The Bertz CT molecular complexity index is 646. The maximum atomic E-state index is 6.34. The molecular formula is C16H22ClN3O. The molecule has 0 aliphatic heterocycles. The number of methoxy groups -OCH3 is 1. The standard InChI is InChI=1S/C16H22ClN3O/c1-11-8-13-15(18-9-11)20(14(19-13)12(2)17)10-16(4-5-16)6-7-21-3/h8-9,12H,4-7,10H2,1-3H3. The smallest absolute Gasteiger partial charge is 0.160 e. The molecule has 0 amide bonds. The Balaban J connectivity index is 1.98. The van der Waals surface area contributed by atoms with Gasteiger partial charge in [-0.1, -0.05) is 0 Å². The number of nitrogens with zero attached hydrogens (tertiary/aromatic N) is 3. The van der Waals surface area contributed by atoms with Crippen LogP contribution in [0.1, 0.15) is 43.0 Å². The van der Waals surface area contributed by atoms with E-state index in [1.807, 2.05) is 20.0 Å². The van der Waals surface area contributed by atoms with Crippen molar-refractivity contribution in [3.05, 3.63) is 23.7 Å². The Morgan fingerprint density at radius 3 is 2.86 bits per heavy atom. The van der Waals surface area contributed by atoms with E-state index in [0.717, 1.165) is 42.1 Å². The second-order valence-electron chi connectivity index (χ2n) is 6.27. The average molecular weight is 308 g/mol. The van der Waals surface area contributed by atoms with Gasteiger partial charge in [0.2, 0.25) is 0 Å². The third kappa shape index (κ3) is 2.92. The highest BCUT2D eigenvalue weighted by atomic mass is 35.5. The van der Waals surface area contributed by atoms with Crippen molar-refractivity contribution in [2.45, 2.75) is 45.0 Å². The highest BCUT2D eigenvalue weighted by molar-refractivity contribution is 6.20. The van der Waals surface area contributed by atoms with E-state index in [2.05, 4.69) is 15.6 Å². The van der Waals surface area contributed by atoms with Crippen LogP contribution in [-0.4, -0.2) is 28.3 Å². The highest BCUT2D eigenvalue weighted by Gasteiger charge is 2.43. The number of hydrogen-bond acceptors (Lipinski definition) is 3. The summed E-state index contributed by atoms with van der Waals surface area (Å²) in [5.41, 5.74) is 3.37. The number of hydrogen-bond donors (Lipinski definition) is 0. The van der Waals surface area contributed by atoms with Gasteiger partial charge < -0.3 is 9.30 Å². The van der Waals surface area contributed by atoms with Gasteiger partial charge in [0.1, 0.15) is 11.3 Å². The van der Waals surface area contributed by atoms with Gasteiger partial charge in [-0.15, -0.1) is 11.6 Å². The minimum atomic E-state index is -0.113. The van der Waals surface area contributed by atoms with E-state index in [9.17, 15) is 0 Å². The van der Waals surface area contributed by atoms with E-state index < -0.39 is 0 Å². The van der Waals surface area contributed by atoms with Crippen molar-refractivity contribution in [1.29, 1.82) is 0 Å². The normalized spacial score (nSPS) is 18.1. The van der Waals surface area contributed by atoms with Crippen LogP contribution in [0.2, 0.25) is 0 Å². The van der Waals surface area contributed by atoms with Crippen molar-refractivity contribution in [2.24, 2.45) is 5.41 Å². The van der Waals surface area contributed by atoms with Gasteiger partial charge in [0, 0.05) is 26.5 Å². The molecule has 0 saturated heterocycles. The van der Waals surface area contributed by atoms with Crippen molar-refractivity contribution in [3.63, 3.8) is 0 Å². The maximum absolute atomic E-state index is 6.34. The summed E-state index contributed by atoms with van der Waals surface area (Å²) in [5.74, 6) is 0.924. The van der Waals surface area contributed by atoms with Crippen molar-refractivity contribution < 1.29 is 4.74 Å². The number of fused-ring (bicyclic) bond motifs is 1. The Kier molecular flexibility index (Phi) is 3.93. The third-order valence-electron chi connectivity index (χ3n) is 4.39. The number of imidazole rings is 1. The number of alkyl halides is 1. The molecule has 0 aromatic carbocycles. The lowest BCUT2D eigenvalue weighted by atomic mass is 10.0. The molecule has 5 heteroatoms. The number of halogens is 1. The fourth-order valence-electron chi connectivity index (χ4n) is 2.91. The molecule has 3 rings (SSSR count). The molecule has 1 aliphatic carbocycles. The van der Waals surface area contributed by atoms with Crippen LogP contribution in [0.25, 0.3) is 11.2 Å². The molecule has 1 saturated carbocycles. The van der Waals surface area contributed by atoms with Gasteiger partial charge >= 0.3 is 0 Å². The van der Waals surface area contributed by atoms with E-state index in [-0.39, 0.29) is 5.38 Å². The Hall–Kier alpha value is -1.13. The molecule has 1 aliphatic rings. The summed E-state index contributed by atoms with van der Waals surface area (Å²) in [6.07, 6.45) is 5.49. The lowest BCUT2D eigenvalue weighted by Gasteiger charge is -2.18. The number of ether oxygens (including phenoxy) is 1. The first-order valence-electron chi connectivity index (χ1n) is 7.50. The fourth-order valence-corrected chi connectivity index (χ4v) is 3.07. The summed E-state index contributed by atoms with van der Waals surface area (Å²) < 4.78 is 7.47. The molecular weight excluding hydrogens is 286 g/mol. The molecule has 0 spiro atoms. The molecule has 1 unspecified atom stereocenters. The largest absolute Gasteiger partial charge is 0.385 e. The predicted molar refractivity (Wildman–Crippen MR) is 84.7 cm³/mol. The van der Waals surface area contributed by atoms with Crippen LogP contribution in [0.4, 0.5) is 0 Å². The van der Waals surface area contributed by atoms with Crippen molar-refractivity contribution >= 4 is 22.8 Å². The average Bonchev–Trinajstić information content (AvgIpc) is 3.12. The number of aryl methyl sites for hydroxylation is 1. The molecule has 1 atom stereocenters. The summed E-state index contributed by atoms with van der Waals surface area (Å²) in [6.45, 7) is 5.76. The zero-order valence-corrected chi connectivity index (χ0v) is 13.7. The third-order valence-corrected chi connectivity index (χ3v) is 4.59. The summed E-state index contributed by atoms with van der Waals surface area (Å²) in [4.78, 5) is 9.29. The highest BCUT2D eigenvalue weighted by Crippen LogP contribution is 2.51.